The first-order valence-corrected chi connectivity index (χ1v) is 7.09. The quantitative estimate of drug-likeness (QED) is 0.669. The van der Waals surface area contributed by atoms with Crippen molar-refractivity contribution < 1.29 is 4.79 Å². The van der Waals surface area contributed by atoms with Gasteiger partial charge < -0.3 is 0 Å². The summed E-state index contributed by atoms with van der Waals surface area (Å²) in [6, 6.07) is 15.5. The summed E-state index contributed by atoms with van der Waals surface area (Å²) < 4.78 is 1.08. The Morgan fingerprint density at radius 1 is 1.16 bits per heavy atom. The Labute approximate surface area is 115 Å². The maximum atomic E-state index is 12.3. The van der Waals surface area contributed by atoms with Gasteiger partial charge in [0, 0.05) is 5.56 Å². The van der Waals surface area contributed by atoms with Crippen LogP contribution in [0.5, 0.6) is 0 Å². The number of nitrogens with zero attached hydrogens (tertiary/aromatic N) is 1. The molecule has 94 valence electrons. The molecule has 0 aliphatic heterocycles. The number of aromatic nitrogens is 1. The Kier molecular flexibility index (Phi) is 3.13. The normalized spacial score (nSPS) is 10.8. The molecular formula is C16H13NOS. The third-order valence-electron chi connectivity index (χ3n) is 3.09. The Bertz CT molecular complexity index is 731. The second-order valence-electron chi connectivity index (χ2n) is 4.37. The molecule has 0 bridgehead atoms. The lowest BCUT2D eigenvalue weighted by atomic mass is 10.1. The van der Waals surface area contributed by atoms with Crippen LogP contribution in [0.3, 0.4) is 0 Å². The molecule has 1 aromatic heterocycles. The maximum Gasteiger partial charge on any atom is 0.221 e. The average Bonchev–Trinajstić information content (AvgIpc) is 2.90. The highest BCUT2D eigenvalue weighted by molar-refractivity contribution is 7.20. The first-order valence-electron chi connectivity index (χ1n) is 6.27. The highest BCUT2D eigenvalue weighted by Gasteiger charge is 2.14. The Morgan fingerprint density at radius 3 is 2.68 bits per heavy atom. The monoisotopic (exact) mass is 267 g/mol. The Hall–Kier alpha value is -2.00. The summed E-state index contributed by atoms with van der Waals surface area (Å²) in [6.07, 6.45) is 0.996. The highest BCUT2D eigenvalue weighted by atomic mass is 32.1. The minimum absolute atomic E-state index is 0.000140. The van der Waals surface area contributed by atoms with E-state index in [4.69, 9.17) is 0 Å². The van der Waals surface area contributed by atoms with Gasteiger partial charge in [0.25, 0.3) is 0 Å². The minimum Gasteiger partial charge on any atom is -0.286 e. The fraction of sp³-hybridized carbons (Fsp3) is 0.125. The van der Waals surface area contributed by atoms with Gasteiger partial charge in [-0.25, -0.2) is 4.98 Å². The second kappa shape index (κ2) is 4.94. The van der Waals surface area contributed by atoms with E-state index >= 15 is 0 Å². The van der Waals surface area contributed by atoms with E-state index in [0.717, 1.165) is 16.6 Å². The summed E-state index contributed by atoms with van der Waals surface area (Å²) in [6.45, 7) is 2.12. The molecule has 19 heavy (non-hydrogen) atoms. The van der Waals surface area contributed by atoms with Crippen molar-refractivity contribution in [2.24, 2.45) is 0 Å². The molecule has 0 spiro atoms. The van der Waals surface area contributed by atoms with E-state index < -0.39 is 0 Å². The number of ketones is 1. The van der Waals surface area contributed by atoms with Gasteiger partial charge in [-0.2, -0.15) is 0 Å². The number of rotatable bonds is 3. The van der Waals surface area contributed by atoms with Crippen LogP contribution in [-0.4, -0.2) is 10.8 Å². The van der Waals surface area contributed by atoms with E-state index in [1.165, 1.54) is 16.9 Å². The first kappa shape index (κ1) is 12.1. The minimum atomic E-state index is -0.000140. The third-order valence-corrected chi connectivity index (χ3v) is 4.11. The van der Waals surface area contributed by atoms with Crippen LogP contribution < -0.4 is 0 Å². The Balaban J connectivity index is 2.04. The molecule has 0 radical (unpaired) electrons. The lowest BCUT2D eigenvalue weighted by Gasteiger charge is -1.94. The molecule has 3 heteroatoms. The molecule has 0 saturated carbocycles. The zero-order valence-corrected chi connectivity index (χ0v) is 11.4. The van der Waals surface area contributed by atoms with Crippen LogP contribution in [0.2, 0.25) is 0 Å². The van der Waals surface area contributed by atoms with Gasteiger partial charge >= 0.3 is 0 Å². The van der Waals surface area contributed by atoms with Crippen LogP contribution in [-0.2, 0) is 6.42 Å². The second-order valence-corrected chi connectivity index (χ2v) is 5.40. The van der Waals surface area contributed by atoms with Crippen LogP contribution in [0.25, 0.3) is 10.2 Å². The zero-order valence-electron chi connectivity index (χ0n) is 10.6. The number of thiazole rings is 1. The summed E-state index contributed by atoms with van der Waals surface area (Å²) in [5, 5.41) is 0.564. The molecule has 3 aromatic rings. The van der Waals surface area contributed by atoms with E-state index in [2.05, 4.69) is 24.0 Å². The first-order chi connectivity index (χ1) is 9.28. The molecule has 0 N–H and O–H groups in total. The molecule has 3 rings (SSSR count). The zero-order chi connectivity index (χ0) is 13.2. The maximum absolute atomic E-state index is 12.3. The fourth-order valence-corrected chi connectivity index (χ4v) is 2.99. The van der Waals surface area contributed by atoms with Crippen molar-refractivity contribution in [3.63, 3.8) is 0 Å². The van der Waals surface area contributed by atoms with Crippen LogP contribution in [0.4, 0.5) is 0 Å². The van der Waals surface area contributed by atoms with Crippen LogP contribution >= 0.6 is 11.3 Å². The SMILES string of the molecule is CCc1ccc2nc(C(=O)c3ccccc3)sc2c1. The van der Waals surface area contributed by atoms with E-state index in [9.17, 15) is 4.79 Å². The fourth-order valence-electron chi connectivity index (χ4n) is 2.00. The lowest BCUT2D eigenvalue weighted by molar-refractivity contribution is 0.103. The van der Waals surface area contributed by atoms with Gasteiger partial charge in [-0.15, -0.1) is 11.3 Å². The number of benzene rings is 2. The number of carbonyl (C=O) groups excluding carboxylic acids is 1. The van der Waals surface area contributed by atoms with Crippen molar-refractivity contribution in [2.75, 3.05) is 0 Å². The van der Waals surface area contributed by atoms with Crippen LogP contribution in [0, 0.1) is 0 Å². The molecule has 0 unspecified atom stereocenters. The van der Waals surface area contributed by atoms with E-state index in [1.54, 1.807) is 0 Å². The van der Waals surface area contributed by atoms with Crippen LogP contribution in [0.15, 0.2) is 48.5 Å². The predicted octanol–water partition coefficient (Wildman–Crippen LogP) is 4.09. The predicted molar refractivity (Wildman–Crippen MR) is 78.9 cm³/mol. The molecule has 1 heterocycles. The van der Waals surface area contributed by atoms with Crippen molar-refractivity contribution >= 4 is 27.3 Å². The van der Waals surface area contributed by atoms with E-state index in [1.807, 2.05) is 36.4 Å². The van der Waals surface area contributed by atoms with Gasteiger partial charge in [-0.3, -0.25) is 4.79 Å². The van der Waals surface area contributed by atoms with Gasteiger partial charge in [-0.1, -0.05) is 43.3 Å². The van der Waals surface area contributed by atoms with Crippen molar-refractivity contribution in [1.82, 2.24) is 4.98 Å². The van der Waals surface area contributed by atoms with Crippen molar-refractivity contribution in [3.05, 3.63) is 64.7 Å². The molecule has 2 aromatic carbocycles. The van der Waals surface area contributed by atoms with Gasteiger partial charge in [0.2, 0.25) is 5.78 Å². The van der Waals surface area contributed by atoms with Gasteiger partial charge in [0.1, 0.15) is 0 Å². The number of aryl methyl sites for hydroxylation is 1. The molecule has 0 aliphatic carbocycles. The number of hydrogen-bond donors (Lipinski definition) is 0. The van der Waals surface area contributed by atoms with Crippen molar-refractivity contribution in [2.45, 2.75) is 13.3 Å². The summed E-state index contributed by atoms with van der Waals surface area (Å²) in [4.78, 5) is 16.8. The van der Waals surface area contributed by atoms with Crippen LogP contribution in [0.1, 0.15) is 27.9 Å². The number of carbonyl (C=O) groups is 1. The lowest BCUT2D eigenvalue weighted by Crippen LogP contribution is -1.99. The molecule has 0 atom stereocenters. The van der Waals surface area contributed by atoms with E-state index in [-0.39, 0.29) is 5.78 Å². The van der Waals surface area contributed by atoms with Crippen molar-refractivity contribution in [3.8, 4) is 0 Å². The molecular weight excluding hydrogens is 254 g/mol. The standard InChI is InChI=1S/C16H13NOS/c1-2-11-8-9-13-14(10-11)19-16(17-13)15(18)12-6-4-3-5-7-12/h3-10H,2H2,1H3. The number of hydrogen-bond acceptors (Lipinski definition) is 3. The average molecular weight is 267 g/mol. The molecule has 0 amide bonds. The summed E-state index contributed by atoms with van der Waals surface area (Å²) in [5.41, 5.74) is 2.87. The highest BCUT2D eigenvalue weighted by Crippen LogP contribution is 2.25. The third kappa shape index (κ3) is 2.29. The molecule has 2 nitrogen and oxygen atoms in total. The topological polar surface area (TPSA) is 30.0 Å². The van der Waals surface area contributed by atoms with Gasteiger partial charge in [-0.05, 0) is 24.1 Å². The summed E-state index contributed by atoms with van der Waals surface area (Å²) in [7, 11) is 0. The van der Waals surface area contributed by atoms with Gasteiger partial charge in [0.15, 0.2) is 5.01 Å². The molecule has 0 aliphatic rings. The number of fused-ring (bicyclic) bond motifs is 1. The molecule has 0 saturated heterocycles. The summed E-state index contributed by atoms with van der Waals surface area (Å²) >= 11 is 1.47. The largest absolute Gasteiger partial charge is 0.286 e. The molecule has 0 fully saturated rings. The van der Waals surface area contributed by atoms with Crippen molar-refractivity contribution in [1.29, 1.82) is 0 Å². The smallest absolute Gasteiger partial charge is 0.221 e. The summed E-state index contributed by atoms with van der Waals surface area (Å²) in [5.74, 6) is -0.000140. The van der Waals surface area contributed by atoms with Gasteiger partial charge in [0.05, 0.1) is 10.2 Å². The Morgan fingerprint density at radius 2 is 1.95 bits per heavy atom. The van der Waals surface area contributed by atoms with E-state index in [0.29, 0.717) is 10.6 Å².